The predicted octanol–water partition coefficient (Wildman–Crippen LogP) is -0.521. The highest BCUT2D eigenvalue weighted by Crippen LogP contribution is 2.07. The van der Waals surface area contributed by atoms with E-state index in [0.717, 1.165) is 11.0 Å². The summed E-state index contributed by atoms with van der Waals surface area (Å²) < 4.78 is 4.98. The summed E-state index contributed by atoms with van der Waals surface area (Å²) in [5, 5.41) is 9.16. The van der Waals surface area contributed by atoms with Gasteiger partial charge < -0.3 is 15.4 Å². The molecule has 0 saturated heterocycles. The molecule has 1 heterocycles. The molecule has 0 saturated carbocycles. The average molecular weight is 165 g/mol. The highest BCUT2D eigenvalue weighted by molar-refractivity contribution is 6.61. The first-order valence-corrected chi connectivity index (χ1v) is 3.83. The van der Waals surface area contributed by atoms with E-state index in [4.69, 9.17) is 9.68 Å². The smallest absolute Gasteiger partial charge is 0.423 e. The second kappa shape index (κ2) is 4.26. The molecule has 0 bridgehead atoms. The lowest BCUT2D eigenvalue weighted by atomic mass is 9.80. The highest BCUT2D eigenvalue weighted by Gasteiger charge is 2.25. The van der Waals surface area contributed by atoms with Gasteiger partial charge in [0, 0.05) is 0 Å². The lowest BCUT2D eigenvalue weighted by molar-refractivity contribution is 0.275. The summed E-state index contributed by atoms with van der Waals surface area (Å²) in [7, 11) is 0.802. The van der Waals surface area contributed by atoms with E-state index in [1.165, 1.54) is 7.05 Å². The molecule has 3 nitrogen and oxygen atoms in total. The van der Waals surface area contributed by atoms with E-state index in [9.17, 15) is 0 Å². The largest absolute Gasteiger partial charge is 0.491 e. The Labute approximate surface area is 72.3 Å². The van der Waals surface area contributed by atoms with E-state index in [2.05, 4.69) is 5.73 Å². The minimum Gasteiger partial charge on any atom is -0.423 e. The second-order valence-corrected chi connectivity index (χ2v) is 2.36. The number of rotatable bonds is 0. The van der Waals surface area contributed by atoms with E-state index in [1.54, 1.807) is 0 Å². The van der Waals surface area contributed by atoms with Crippen molar-refractivity contribution < 1.29 is 9.68 Å². The summed E-state index contributed by atoms with van der Waals surface area (Å²) in [6.07, 6.45) is 0. The van der Waals surface area contributed by atoms with Crippen LogP contribution in [0.3, 0.4) is 0 Å². The Morgan fingerprint density at radius 3 is 2.75 bits per heavy atom. The third kappa shape index (κ3) is 1.66. The lowest BCUT2D eigenvalue weighted by Crippen LogP contribution is -2.27. The average Bonchev–Trinajstić information content (AvgIpc) is 2.53. The summed E-state index contributed by atoms with van der Waals surface area (Å²) in [6, 6.07) is 7.69. The zero-order valence-corrected chi connectivity index (χ0v) is 7.03. The molecule has 0 atom stereocenters. The van der Waals surface area contributed by atoms with Gasteiger partial charge >= 0.3 is 7.12 Å². The van der Waals surface area contributed by atoms with Crippen molar-refractivity contribution in [1.82, 2.24) is 0 Å². The number of benzene rings is 1. The Morgan fingerprint density at radius 2 is 2.08 bits per heavy atom. The maximum atomic E-state index is 9.16. The Bertz CT molecular complexity index is 255. The number of nitrogens with two attached hydrogens (primary N) is 1. The van der Waals surface area contributed by atoms with E-state index < -0.39 is 7.12 Å². The highest BCUT2D eigenvalue weighted by atomic mass is 16.5. The van der Waals surface area contributed by atoms with Gasteiger partial charge in [0.15, 0.2) is 0 Å². The van der Waals surface area contributed by atoms with Crippen molar-refractivity contribution in [3.8, 4) is 0 Å². The molecule has 0 spiro atoms. The molecule has 0 unspecified atom stereocenters. The van der Waals surface area contributed by atoms with Crippen molar-refractivity contribution in [3.63, 3.8) is 0 Å². The normalized spacial score (nSPS) is 13.4. The van der Waals surface area contributed by atoms with Gasteiger partial charge in [-0.15, -0.1) is 0 Å². The number of fused-ring (bicyclic) bond motifs is 1. The molecule has 1 aromatic rings. The molecule has 1 aliphatic rings. The van der Waals surface area contributed by atoms with Crippen LogP contribution in [0.25, 0.3) is 0 Å². The van der Waals surface area contributed by atoms with Gasteiger partial charge in [0.05, 0.1) is 6.61 Å². The fourth-order valence-electron chi connectivity index (χ4n) is 1.17. The molecule has 12 heavy (non-hydrogen) atoms. The van der Waals surface area contributed by atoms with Crippen LogP contribution in [0.4, 0.5) is 0 Å². The van der Waals surface area contributed by atoms with Gasteiger partial charge in [0.1, 0.15) is 0 Å². The molecule has 3 N–H and O–H groups in total. The molecule has 0 aliphatic carbocycles. The van der Waals surface area contributed by atoms with Crippen LogP contribution in [-0.4, -0.2) is 19.2 Å². The molecule has 1 aromatic carbocycles. The van der Waals surface area contributed by atoms with Gasteiger partial charge in [-0.1, -0.05) is 24.3 Å². The van der Waals surface area contributed by atoms with E-state index in [1.807, 2.05) is 24.3 Å². The maximum absolute atomic E-state index is 9.16. The quantitative estimate of drug-likeness (QED) is 0.508. The first kappa shape index (κ1) is 9.25. The minimum atomic E-state index is -0.698. The third-order valence-corrected chi connectivity index (χ3v) is 1.72. The Balaban J connectivity index is 0.000000336. The first-order valence-electron chi connectivity index (χ1n) is 3.83. The van der Waals surface area contributed by atoms with Crippen LogP contribution < -0.4 is 11.2 Å². The topological polar surface area (TPSA) is 55.5 Å². The van der Waals surface area contributed by atoms with Crippen LogP contribution in [0.2, 0.25) is 0 Å². The summed E-state index contributed by atoms with van der Waals surface area (Å²) in [5.74, 6) is 0. The van der Waals surface area contributed by atoms with Crippen LogP contribution in [0.5, 0.6) is 0 Å². The van der Waals surface area contributed by atoms with Crippen molar-refractivity contribution in [3.05, 3.63) is 29.8 Å². The Hall–Kier alpha value is -0.835. The van der Waals surface area contributed by atoms with Gasteiger partial charge in [-0.2, -0.15) is 0 Å². The molecular formula is C8H12BNO2. The third-order valence-electron chi connectivity index (χ3n) is 1.72. The predicted molar refractivity (Wildman–Crippen MR) is 48.9 cm³/mol. The molecule has 0 fully saturated rings. The second-order valence-electron chi connectivity index (χ2n) is 2.36. The van der Waals surface area contributed by atoms with E-state index in [-0.39, 0.29) is 0 Å². The van der Waals surface area contributed by atoms with Crippen LogP contribution in [0.1, 0.15) is 5.56 Å². The van der Waals surface area contributed by atoms with Crippen LogP contribution >= 0.6 is 0 Å². The van der Waals surface area contributed by atoms with Gasteiger partial charge in [-0.05, 0) is 18.1 Å². The van der Waals surface area contributed by atoms with Gasteiger partial charge in [-0.25, -0.2) is 0 Å². The number of hydrogen-bond donors (Lipinski definition) is 2. The lowest BCUT2D eigenvalue weighted by Gasteiger charge is -1.93. The van der Waals surface area contributed by atoms with Gasteiger partial charge in [0.25, 0.3) is 0 Å². The van der Waals surface area contributed by atoms with Crippen molar-refractivity contribution in [2.24, 2.45) is 5.73 Å². The van der Waals surface area contributed by atoms with E-state index in [0.29, 0.717) is 6.61 Å². The number of hydrogen-bond acceptors (Lipinski definition) is 3. The Morgan fingerprint density at radius 1 is 1.42 bits per heavy atom. The molecule has 1 aliphatic heterocycles. The minimum absolute atomic E-state index is 0.539. The van der Waals surface area contributed by atoms with Crippen LogP contribution in [0.15, 0.2) is 24.3 Å². The summed E-state index contributed by atoms with van der Waals surface area (Å²) in [6.45, 7) is 0.539. The molecule has 4 heteroatoms. The van der Waals surface area contributed by atoms with Crippen molar-refractivity contribution in [2.75, 3.05) is 7.05 Å². The van der Waals surface area contributed by atoms with Crippen molar-refractivity contribution >= 4 is 12.6 Å². The van der Waals surface area contributed by atoms with Crippen molar-refractivity contribution in [2.45, 2.75) is 6.61 Å². The van der Waals surface area contributed by atoms with Crippen LogP contribution in [0, 0.1) is 0 Å². The monoisotopic (exact) mass is 165 g/mol. The summed E-state index contributed by atoms with van der Waals surface area (Å²) in [5.41, 5.74) is 6.50. The SMILES string of the molecule is CN.OB1OCc2ccccc21. The zero-order chi connectivity index (χ0) is 8.97. The standard InChI is InChI=1S/C7H7BO2.CH5N/c9-8-7-4-2-1-3-6(7)5-10-8;1-2/h1-4,9H,5H2;2H2,1H3. The summed E-state index contributed by atoms with van der Waals surface area (Å²) in [4.78, 5) is 0. The molecule has 0 aromatic heterocycles. The zero-order valence-electron chi connectivity index (χ0n) is 7.03. The molecular weight excluding hydrogens is 153 g/mol. The maximum Gasteiger partial charge on any atom is 0.491 e. The van der Waals surface area contributed by atoms with Gasteiger partial charge in [0.2, 0.25) is 0 Å². The Kier molecular flexibility index (Phi) is 3.28. The molecule has 64 valence electrons. The fraction of sp³-hybridized carbons (Fsp3) is 0.250. The molecule has 2 rings (SSSR count). The van der Waals surface area contributed by atoms with Crippen molar-refractivity contribution in [1.29, 1.82) is 0 Å². The fourth-order valence-corrected chi connectivity index (χ4v) is 1.17. The van der Waals surface area contributed by atoms with Crippen LogP contribution in [-0.2, 0) is 11.3 Å². The molecule has 0 radical (unpaired) electrons. The van der Waals surface area contributed by atoms with Gasteiger partial charge in [-0.3, -0.25) is 0 Å². The van der Waals surface area contributed by atoms with E-state index >= 15 is 0 Å². The summed E-state index contributed by atoms with van der Waals surface area (Å²) >= 11 is 0. The first-order chi connectivity index (χ1) is 5.88. The molecule has 0 amide bonds.